The van der Waals surface area contributed by atoms with E-state index in [1.165, 1.54) is 18.3 Å². The fourth-order valence-electron chi connectivity index (χ4n) is 1.84. The van der Waals surface area contributed by atoms with Gasteiger partial charge in [-0.2, -0.15) is 5.26 Å². The summed E-state index contributed by atoms with van der Waals surface area (Å²) < 4.78 is 0.878. The molecule has 1 aromatic heterocycles. The zero-order chi connectivity index (χ0) is 12.5. The molecule has 1 atom stereocenters. The van der Waals surface area contributed by atoms with Crippen LogP contribution in [0.15, 0.2) is 45.8 Å². The van der Waals surface area contributed by atoms with Crippen molar-refractivity contribution < 1.29 is 0 Å². The van der Waals surface area contributed by atoms with Gasteiger partial charge < -0.3 is 10.7 Å². The molecule has 0 aliphatic heterocycles. The molecule has 6 heteroatoms. The number of H-pyrrole nitrogens is 1. The van der Waals surface area contributed by atoms with E-state index in [-0.39, 0.29) is 6.42 Å². The van der Waals surface area contributed by atoms with Crippen LogP contribution in [0, 0.1) is 11.3 Å². The minimum Gasteiger partial charge on any atom is -0.402 e. The molecule has 0 saturated carbocycles. The number of nitrogens with one attached hydrogen (secondary N) is 1. The molecule has 3 N–H and O–H groups in total. The Morgan fingerprint density at radius 2 is 2.29 bits per heavy atom. The zero-order valence-corrected chi connectivity index (χ0v) is 8.88. The molecule has 0 amide bonds. The molecule has 1 aromatic rings. The predicted molar refractivity (Wildman–Crippen MR) is 60.9 cm³/mol. The van der Waals surface area contributed by atoms with Gasteiger partial charge in [-0.1, -0.05) is 6.08 Å². The van der Waals surface area contributed by atoms with Gasteiger partial charge in [-0.25, -0.2) is 9.36 Å². The smallest absolute Gasteiger partial charge is 0.329 e. The summed E-state index contributed by atoms with van der Waals surface area (Å²) in [7, 11) is 0. The number of allylic oxidation sites excluding steroid dienone is 4. The molecule has 0 fully saturated rings. The number of nitrogens with zero attached hydrogens (tertiary/aromatic N) is 2. The van der Waals surface area contributed by atoms with E-state index in [1.807, 2.05) is 6.07 Å². The number of nitriles is 1. The summed E-state index contributed by atoms with van der Waals surface area (Å²) in [4.78, 5) is 25.8. The van der Waals surface area contributed by atoms with Crippen LogP contribution in [0.25, 0.3) is 0 Å². The largest absolute Gasteiger partial charge is 0.402 e. The molecule has 0 radical (unpaired) electrons. The van der Waals surface area contributed by atoms with Crippen molar-refractivity contribution in [2.24, 2.45) is 5.73 Å². The van der Waals surface area contributed by atoms with Gasteiger partial charge in [0.15, 0.2) is 5.54 Å². The van der Waals surface area contributed by atoms with E-state index in [1.54, 1.807) is 12.2 Å². The summed E-state index contributed by atoms with van der Waals surface area (Å²) in [5.41, 5.74) is 3.60. The van der Waals surface area contributed by atoms with Crippen molar-refractivity contribution in [3.63, 3.8) is 0 Å². The lowest BCUT2D eigenvalue weighted by Crippen LogP contribution is -2.48. The maximum absolute atomic E-state index is 11.7. The lowest BCUT2D eigenvalue weighted by Gasteiger charge is -2.26. The molecule has 1 unspecified atom stereocenters. The Kier molecular flexibility index (Phi) is 2.44. The van der Waals surface area contributed by atoms with Crippen LogP contribution in [0.5, 0.6) is 0 Å². The van der Waals surface area contributed by atoms with E-state index in [2.05, 4.69) is 4.98 Å². The molecule has 6 nitrogen and oxygen atoms in total. The van der Waals surface area contributed by atoms with Crippen LogP contribution in [0.4, 0.5) is 0 Å². The Hall–Kier alpha value is -2.55. The third-order valence-electron chi connectivity index (χ3n) is 2.60. The van der Waals surface area contributed by atoms with E-state index >= 15 is 0 Å². The Labute approximate surface area is 96.3 Å². The fourth-order valence-corrected chi connectivity index (χ4v) is 1.84. The van der Waals surface area contributed by atoms with E-state index in [0.29, 0.717) is 5.70 Å². The molecule has 1 aliphatic rings. The van der Waals surface area contributed by atoms with E-state index < -0.39 is 16.8 Å². The molecule has 17 heavy (non-hydrogen) atoms. The lowest BCUT2D eigenvalue weighted by molar-refractivity contribution is 0.432. The second kappa shape index (κ2) is 3.79. The molecule has 0 aromatic carbocycles. The van der Waals surface area contributed by atoms with Gasteiger partial charge in [0.2, 0.25) is 0 Å². The summed E-state index contributed by atoms with van der Waals surface area (Å²) in [6, 6.07) is 3.18. The van der Waals surface area contributed by atoms with Crippen LogP contribution < -0.4 is 17.0 Å². The third kappa shape index (κ3) is 1.67. The number of aromatic nitrogens is 2. The van der Waals surface area contributed by atoms with E-state index in [4.69, 9.17) is 5.73 Å². The summed E-state index contributed by atoms with van der Waals surface area (Å²) in [5, 5.41) is 9.27. The van der Waals surface area contributed by atoms with E-state index in [9.17, 15) is 14.9 Å². The van der Waals surface area contributed by atoms with E-state index in [0.717, 1.165) is 4.57 Å². The fraction of sp³-hybridized carbons (Fsp3) is 0.182. The number of rotatable bonds is 1. The maximum Gasteiger partial charge on any atom is 0.329 e. The maximum atomic E-state index is 11.7. The van der Waals surface area contributed by atoms with Crippen molar-refractivity contribution in [3.8, 4) is 6.07 Å². The van der Waals surface area contributed by atoms with Gasteiger partial charge in [-0.15, -0.1) is 0 Å². The highest BCUT2D eigenvalue weighted by atomic mass is 16.2. The second-order valence-corrected chi connectivity index (χ2v) is 3.77. The number of hydrogen-bond acceptors (Lipinski definition) is 4. The first kappa shape index (κ1) is 11.0. The Morgan fingerprint density at radius 1 is 1.53 bits per heavy atom. The highest BCUT2D eigenvalue weighted by Crippen LogP contribution is 2.25. The van der Waals surface area contributed by atoms with Gasteiger partial charge in [0, 0.05) is 24.4 Å². The second-order valence-electron chi connectivity index (χ2n) is 3.77. The van der Waals surface area contributed by atoms with Crippen molar-refractivity contribution in [3.05, 3.63) is 57.0 Å². The quantitative estimate of drug-likeness (QED) is 0.682. The highest BCUT2D eigenvalue weighted by molar-refractivity contribution is 5.30. The van der Waals surface area contributed by atoms with Crippen molar-refractivity contribution >= 4 is 0 Å². The molecule has 0 spiro atoms. The van der Waals surface area contributed by atoms with Gasteiger partial charge in [0.05, 0.1) is 6.07 Å². The number of hydrogen-bond donors (Lipinski definition) is 2. The molecule has 1 aliphatic carbocycles. The molecule has 2 rings (SSSR count). The average Bonchev–Trinajstić information content (AvgIpc) is 2.28. The van der Waals surface area contributed by atoms with Crippen molar-refractivity contribution in [1.29, 1.82) is 5.26 Å². The van der Waals surface area contributed by atoms with Gasteiger partial charge in [0.25, 0.3) is 5.56 Å². The van der Waals surface area contributed by atoms with Crippen molar-refractivity contribution in [2.45, 2.75) is 12.0 Å². The van der Waals surface area contributed by atoms with Crippen molar-refractivity contribution in [1.82, 2.24) is 9.55 Å². The Bertz CT molecular complexity index is 631. The Morgan fingerprint density at radius 3 is 2.88 bits per heavy atom. The molecular weight excluding hydrogens is 220 g/mol. The van der Waals surface area contributed by atoms with Crippen LogP contribution in [0.3, 0.4) is 0 Å². The predicted octanol–water partition coefficient (Wildman–Crippen LogP) is -0.442. The molecular formula is C11H10N4O2. The molecule has 1 heterocycles. The van der Waals surface area contributed by atoms with Crippen LogP contribution in [-0.4, -0.2) is 9.55 Å². The van der Waals surface area contributed by atoms with Crippen LogP contribution in [0.1, 0.15) is 6.42 Å². The first-order valence-electron chi connectivity index (χ1n) is 4.95. The third-order valence-corrected chi connectivity index (χ3v) is 2.60. The van der Waals surface area contributed by atoms with Crippen molar-refractivity contribution in [2.75, 3.05) is 0 Å². The van der Waals surface area contributed by atoms with Gasteiger partial charge in [-0.05, 0) is 12.2 Å². The summed E-state index contributed by atoms with van der Waals surface area (Å²) in [6.45, 7) is 0. The van der Waals surface area contributed by atoms with Crippen LogP contribution >= 0.6 is 0 Å². The topological polar surface area (TPSA) is 105 Å². The minimum atomic E-state index is -1.34. The standard InChI is InChI=1S/C11H10N4O2/c12-7-11(4-1-2-8(13)6-11)15-9(16)3-5-14-10(15)17/h1-5H,6,13H2,(H,14,17). The number of nitrogens with two attached hydrogens (primary N) is 1. The molecule has 86 valence electrons. The monoisotopic (exact) mass is 230 g/mol. The number of aromatic amines is 1. The Balaban J connectivity index is 2.71. The summed E-state index contributed by atoms with van der Waals surface area (Å²) in [6.07, 6.45) is 6.07. The van der Waals surface area contributed by atoms with Gasteiger partial charge in [-0.3, -0.25) is 4.79 Å². The normalized spacial score (nSPS) is 22.9. The SMILES string of the molecule is N#CC1(n2c(=O)cc[nH]c2=O)C=CC=C(N)C1. The molecule has 0 bridgehead atoms. The summed E-state index contributed by atoms with van der Waals surface area (Å²) in [5.74, 6) is 0. The van der Waals surface area contributed by atoms with Crippen LogP contribution in [-0.2, 0) is 5.54 Å². The van der Waals surface area contributed by atoms with Gasteiger partial charge >= 0.3 is 5.69 Å². The molecule has 0 saturated heterocycles. The van der Waals surface area contributed by atoms with Gasteiger partial charge in [0.1, 0.15) is 0 Å². The highest BCUT2D eigenvalue weighted by Gasteiger charge is 2.34. The average molecular weight is 230 g/mol. The first-order chi connectivity index (χ1) is 8.09. The summed E-state index contributed by atoms with van der Waals surface area (Å²) >= 11 is 0. The zero-order valence-electron chi connectivity index (χ0n) is 8.88. The lowest BCUT2D eigenvalue weighted by atomic mass is 9.90. The first-order valence-corrected chi connectivity index (χ1v) is 4.95. The minimum absolute atomic E-state index is 0.118. The van der Waals surface area contributed by atoms with Crippen LogP contribution in [0.2, 0.25) is 0 Å².